The highest BCUT2D eigenvalue weighted by atomic mass is 35.7. The molecule has 0 bridgehead atoms. The average molecular weight is 245 g/mol. The second kappa shape index (κ2) is 4.14. The molecule has 0 spiro atoms. The van der Waals surface area contributed by atoms with E-state index in [-0.39, 0.29) is 5.75 Å². The summed E-state index contributed by atoms with van der Waals surface area (Å²) in [6.45, 7) is 0. The van der Waals surface area contributed by atoms with Crippen molar-refractivity contribution in [2.24, 2.45) is 0 Å². The summed E-state index contributed by atoms with van der Waals surface area (Å²) in [6.07, 6.45) is 2.75. The Kier molecular flexibility index (Phi) is 3.03. The summed E-state index contributed by atoms with van der Waals surface area (Å²) >= 11 is 0. The van der Waals surface area contributed by atoms with Crippen LogP contribution in [0.5, 0.6) is 0 Å². The van der Waals surface area contributed by atoms with E-state index in [4.69, 9.17) is 10.7 Å². The van der Waals surface area contributed by atoms with Crippen LogP contribution in [-0.2, 0) is 15.5 Å². The molecule has 4 heteroatoms. The van der Waals surface area contributed by atoms with Crippen molar-refractivity contribution in [1.82, 2.24) is 0 Å². The third kappa shape index (κ3) is 2.73. The first-order valence-electron chi connectivity index (χ1n) is 5.06. The Hall–Kier alpha value is -0.540. The SMILES string of the molecule is O=S(=O)(Cl)CC[C@H]1CCc2ccccc21. The van der Waals surface area contributed by atoms with Gasteiger partial charge in [-0.15, -0.1) is 0 Å². The van der Waals surface area contributed by atoms with Crippen molar-refractivity contribution in [3.8, 4) is 0 Å². The minimum atomic E-state index is -3.34. The molecule has 0 saturated heterocycles. The molecule has 1 aliphatic carbocycles. The first-order chi connectivity index (χ1) is 7.06. The summed E-state index contributed by atoms with van der Waals surface area (Å²) in [7, 11) is 1.87. The first-order valence-corrected chi connectivity index (χ1v) is 7.54. The lowest BCUT2D eigenvalue weighted by Crippen LogP contribution is -2.03. The molecule has 2 rings (SSSR count). The zero-order valence-corrected chi connectivity index (χ0v) is 9.89. The minimum absolute atomic E-state index is 0.0769. The largest absolute Gasteiger partial charge is 0.232 e. The van der Waals surface area contributed by atoms with Gasteiger partial charge in [0.25, 0.3) is 0 Å². The standard InChI is InChI=1S/C11H13ClO2S/c12-15(13,14)8-7-10-6-5-9-3-1-2-4-11(9)10/h1-4,10H,5-8H2/t10-/m1/s1. The first kappa shape index (κ1) is 11.0. The Bertz CT molecular complexity index is 453. The summed E-state index contributed by atoms with van der Waals surface area (Å²) in [6, 6.07) is 8.24. The van der Waals surface area contributed by atoms with Gasteiger partial charge in [-0.1, -0.05) is 24.3 Å². The predicted molar refractivity (Wildman–Crippen MR) is 61.8 cm³/mol. The molecule has 1 atom stereocenters. The second-order valence-electron chi connectivity index (χ2n) is 3.97. The van der Waals surface area contributed by atoms with Gasteiger partial charge in [-0.05, 0) is 36.3 Å². The molecule has 1 aromatic rings. The van der Waals surface area contributed by atoms with Crippen LogP contribution in [0.2, 0.25) is 0 Å². The van der Waals surface area contributed by atoms with Crippen LogP contribution < -0.4 is 0 Å². The molecule has 0 unspecified atom stereocenters. The molecule has 0 N–H and O–H groups in total. The minimum Gasteiger partial charge on any atom is -0.212 e. The Labute approximate surface area is 94.7 Å². The topological polar surface area (TPSA) is 34.1 Å². The van der Waals surface area contributed by atoms with Crippen molar-refractivity contribution in [1.29, 1.82) is 0 Å². The molecule has 0 radical (unpaired) electrons. The van der Waals surface area contributed by atoms with Gasteiger partial charge in [-0.2, -0.15) is 0 Å². The Morgan fingerprint density at radius 1 is 1.33 bits per heavy atom. The molecule has 15 heavy (non-hydrogen) atoms. The lowest BCUT2D eigenvalue weighted by molar-refractivity contribution is 0.595. The maximum absolute atomic E-state index is 10.9. The van der Waals surface area contributed by atoms with Crippen LogP contribution in [0.4, 0.5) is 0 Å². The maximum Gasteiger partial charge on any atom is 0.232 e. The molecule has 0 aromatic heterocycles. The average Bonchev–Trinajstić information content (AvgIpc) is 2.57. The van der Waals surface area contributed by atoms with Crippen LogP contribution in [-0.4, -0.2) is 14.2 Å². The van der Waals surface area contributed by atoms with Gasteiger partial charge < -0.3 is 0 Å². The summed E-state index contributed by atoms with van der Waals surface area (Å²) in [5, 5.41) is 0. The van der Waals surface area contributed by atoms with Crippen LogP contribution in [0, 0.1) is 0 Å². The molecule has 0 fully saturated rings. The smallest absolute Gasteiger partial charge is 0.212 e. The third-order valence-electron chi connectivity index (χ3n) is 2.97. The lowest BCUT2D eigenvalue weighted by atomic mass is 9.99. The summed E-state index contributed by atoms with van der Waals surface area (Å²) in [5.74, 6) is 0.447. The molecule has 1 aromatic carbocycles. The van der Waals surface area contributed by atoms with Crippen molar-refractivity contribution in [3.63, 3.8) is 0 Å². The monoisotopic (exact) mass is 244 g/mol. The van der Waals surface area contributed by atoms with Crippen LogP contribution in [0.1, 0.15) is 29.9 Å². The van der Waals surface area contributed by atoms with Gasteiger partial charge in [0.05, 0.1) is 5.75 Å². The Balaban J connectivity index is 2.08. The van der Waals surface area contributed by atoms with E-state index in [0.717, 1.165) is 12.8 Å². The van der Waals surface area contributed by atoms with Gasteiger partial charge in [0.1, 0.15) is 0 Å². The van der Waals surface area contributed by atoms with Gasteiger partial charge in [-0.25, -0.2) is 8.42 Å². The predicted octanol–water partition coefficient (Wildman–Crippen LogP) is 2.68. The van der Waals surface area contributed by atoms with Crippen LogP contribution in [0.15, 0.2) is 24.3 Å². The van der Waals surface area contributed by atoms with E-state index in [1.165, 1.54) is 11.1 Å². The highest BCUT2D eigenvalue weighted by Gasteiger charge is 2.23. The number of rotatable bonds is 3. The molecule has 0 aliphatic heterocycles. The van der Waals surface area contributed by atoms with E-state index in [0.29, 0.717) is 12.3 Å². The number of halogens is 1. The fraction of sp³-hybridized carbons (Fsp3) is 0.455. The van der Waals surface area contributed by atoms with Gasteiger partial charge >= 0.3 is 0 Å². The Morgan fingerprint density at radius 3 is 2.80 bits per heavy atom. The van der Waals surface area contributed by atoms with Crippen molar-refractivity contribution in [2.45, 2.75) is 25.2 Å². The summed E-state index contributed by atoms with van der Waals surface area (Å²) < 4.78 is 21.7. The van der Waals surface area contributed by atoms with E-state index in [1.807, 2.05) is 12.1 Å². The van der Waals surface area contributed by atoms with E-state index < -0.39 is 9.05 Å². The quantitative estimate of drug-likeness (QED) is 0.767. The third-order valence-corrected chi connectivity index (χ3v) is 4.15. The number of hydrogen-bond acceptors (Lipinski definition) is 2. The summed E-state index contributed by atoms with van der Waals surface area (Å²) in [4.78, 5) is 0. The molecular weight excluding hydrogens is 232 g/mol. The van der Waals surface area contributed by atoms with E-state index in [2.05, 4.69) is 12.1 Å². The van der Waals surface area contributed by atoms with Crippen LogP contribution >= 0.6 is 10.7 Å². The van der Waals surface area contributed by atoms with Gasteiger partial charge in [0.2, 0.25) is 9.05 Å². The van der Waals surface area contributed by atoms with Crippen molar-refractivity contribution in [3.05, 3.63) is 35.4 Å². The number of benzene rings is 1. The normalized spacial score (nSPS) is 20.2. The zero-order chi connectivity index (χ0) is 10.9. The molecule has 0 amide bonds. The fourth-order valence-electron chi connectivity index (χ4n) is 2.23. The van der Waals surface area contributed by atoms with Crippen molar-refractivity contribution < 1.29 is 8.42 Å². The van der Waals surface area contributed by atoms with Gasteiger partial charge in [-0.3, -0.25) is 0 Å². The molecule has 1 aliphatic rings. The van der Waals surface area contributed by atoms with Gasteiger partial charge in [0.15, 0.2) is 0 Å². The second-order valence-corrected chi connectivity index (χ2v) is 6.86. The summed E-state index contributed by atoms with van der Waals surface area (Å²) in [5.41, 5.74) is 2.66. The van der Waals surface area contributed by atoms with Crippen molar-refractivity contribution >= 4 is 19.7 Å². The lowest BCUT2D eigenvalue weighted by Gasteiger charge is -2.09. The van der Waals surface area contributed by atoms with Gasteiger partial charge in [0, 0.05) is 10.7 Å². The van der Waals surface area contributed by atoms with E-state index in [1.54, 1.807) is 0 Å². The van der Waals surface area contributed by atoms with E-state index in [9.17, 15) is 8.42 Å². The Morgan fingerprint density at radius 2 is 2.07 bits per heavy atom. The van der Waals surface area contributed by atoms with E-state index >= 15 is 0 Å². The zero-order valence-electron chi connectivity index (χ0n) is 8.32. The fourth-order valence-corrected chi connectivity index (χ4v) is 3.06. The highest BCUT2D eigenvalue weighted by molar-refractivity contribution is 8.13. The molecule has 0 heterocycles. The maximum atomic E-state index is 10.9. The highest BCUT2D eigenvalue weighted by Crippen LogP contribution is 2.35. The molecule has 0 saturated carbocycles. The van der Waals surface area contributed by atoms with Crippen molar-refractivity contribution in [2.75, 3.05) is 5.75 Å². The molecular formula is C11H13ClO2S. The number of hydrogen-bond donors (Lipinski definition) is 0. The number of fused-ring (bicyclic) bond motifs is 1. The molecule has 2 nitrogen and oxygen atoms in total. The van der Waals surface area contributed by atoms with Crippen LogP contribution in [0.3, 0.4) is 0 Å². The molecule has 82 valence electrons. The van der Waals surface area contributed by atoms with Crippen LogP contribution in [0.25, 0.3) is 0 Å². The number of aryl methyl sites for hydroxylation is 1.